The lowest BCUT2D eigenvalue weighted by molar-refractivity contribution is -0.135. The first-order valence-corrected chi connectivity index (χ1v) is 12.3. The normalized spacial score (nSPS) is 27.1. The third-order valence-corrected chi connectivity index (χ3v) is 8.00. The molecule has 1 unspecified atom stereocenters. The van der Waals surface area contributed by atoms with E-state index in [1.54, 1.807) is 4.90 Å². The van der Waals surface area contributed by atoms with Crippen LogP contribution in [0.2, 0.25) is 0 Å². The molecule has 0 aromatic heterocycles. The summed E-state index contributed by atoms with van der Waals surface area (Å²) in [6.45, 7) is 2.84. The number of piperidine rings is 2. The standard InChI is InChI=1S/C25H34N4O3/c30-22(19-8-3-1-4-9-19)27-16-13-25(14-17-27)23(31)29(24(32)26-25)21-12-7-15-28(18-21)20-10-5-2-6-11-20/h1,3-4,8-9,20-21H,2,5-7,10-18H2,(H,26,32). The van der Waals surface area contributed by atoms with E-state index in [-0.39, 0.29) is 23.9 Å². The first kappa shape index (κ1) is 21.4. The topological polar surface area (TPSA) is 73.0 Å². The van der Waals surface area contributed by atoms with Crippen LogP contribution >= 0.6 is 0 Å². The Bertz CT molecular complexity index is 859. The summed E-state index contributed by atoms with van der Waals surface area (Å²) in [7, 11) is 0. The monoisotopic (exact) mass is 438 g/mol. The Morgan fingerprint density at radius 1 is 0.875 bits per heavy atom. The van der Waals surface area contributed by atoms with Crippen molar-refractivity contribution in [3.05, 3.63) is 35.9 Å². The van der Waals surface area contributed by atoms with E-state index < -0.39 is 5.54 Å². The predicted molar refractivity (Wildman–Crippen MR) is 121 cm³/mol. The summed E-state index contributed by atoms with van der Waals surface area (Å²) in [6.07, 6.45) is 9.25. The van der Waals surface area contributed by atoms with Gasteiger partial charge in [-0.15, -0.1) is 0 Å². The van der Waals surface area contributed by atoms with E-state index in [4.69, 9.17) is 0 Å². The number of nitrogens with zero attached hydrogens (tertiary/aromatic N) is 3. The smallest absolute Gasteiger partial charge is 0.325 e. The Kier molecular flexibility index (Phi) is 5.93. The lowest BCUT2D eigenvalue weighted by Crippen LogP contribution is -2.57. The van der Waals surface area contributed by atoms with Crippen LogP contribution in [0.4, 0.5) is 4.79 Å². The highest BCUT2D eigenvalue weighted by molar-refractivity contribution is 6.07. The van der Waals surface area contributed by atoms with Crippen molar-refractivity contribution in [1.82, 2.24) is 20.0 Å². The summed E-state index contributed by atoms with van der Waals surface area (Å²) in [5.41, 5.74) is -0.186. The fourth-order valence-corrected chi connectivity index (χ4v) is 6.14. The second-order valence-corrected chi connectivity index (χ2v) is 9.93. The second kappa shape index (κ2) is 8.85. The van der Waals surface area contributed by atoms with Crippen molar-refractivity contribution in [3.8, 4) is 0 Å². The maximum Gasteiger partial charge on any atom is 0.325 e. The molecule has 172 valence electrons. The van der Waals surface area contributed by atoms with Gasteiger partial charge in [0.2, 0.25) is 0 Å². The SMILES string of the molecule is O=C(c1ccccc1)N1CCC2(CC1)NC(=O)N(C1CCCN(C3CCCCC3)C1)C2=O. The maximum absolute atomic E-state index is 13.5. The number of nitrogens with one attached hydrogen (secondary N) is 1. The van der Waals surface area contributed by atoms with Gasteiger partial charge in [-0.3, -0.25) is 19.4 Å². The third kappa shape index (κ3) is 3.91. The van der Waals surface area contributed by atoms with E-state index in [0.29, 0.717) is 37.5 Å². The zero-order chi connectivity index (χ0) is 22.1. The Hall–Kier alpha value is -2.41. The number of benzene rings is 1. The van der Waals surface area contributed by atoms with E-state index in [1.165, 1.54) is 37.0 Å². The minimum absolute atomic E-state index is 0.00974. The van der Waals surface area contributed by atoms with Crippen LogP contribution in [0.3, 0.4) is 0 Å². The number of amides is 4. The molecular formula is C25H34N4O3. The highest BCUT2D eigenvalue weighted by atomic mass is 16.2. The summed E-state index contributed by atoms with van der Waals surface area (Å²) in [5, 5.41) is 3.04. The maximum atomic E-state index is 13.5. The zero-order valence-electron chi connectivity index (χ0n) is 18.8. The van der Waals surface area contributed by atoms with Gasteiger partial charge in [0.1, 0.15) is 5.54 Å². The van der Waals surface area contributed by atoms with Gasteiger partial charge < -0.3 is 10.2 Å². The predicted octanol–water partition coefficient (Wildman–Crippen LogP) is 3.01. The molecule has 1 N–H and O–H groups in total. The molecule has 4 aliphatic rings. The lowest BCUT2D eigenvalue weighted by Gasteiger charge is -2.42. The Balaban J connectivity index is 1.24. The molecule has 1 aromatic carbocycles. The van der Waals surface area contributed by atoms with Crippen LogP contribution in [0.5, 0.6) is 0 Å². The molecule has 4 amide bonds. The number of rotatable bonds is 3. The molecule has 1 atom stereocenters. The highest BCUT2D eigenvalue weighted by Gasteiger charge is 2.55. The summed E-state index contributed by atoms with van der Waals surface area (Å²) < 4.78 is 0. The molecule has 7 heteroatoms. The molecule has 7 nitrogen and oxygen atoms in total. The van der Waals surface area contributed by atoms with E-state index in [1.807, 2.05) is 30.3 Å². The van der Waals surface area contributed by atoms with Crippen molar-refractivity contribution < 1.29 is 14.4 Å². The summed E-state index contributed by atoms with van der Waals surface area (Å²) in [5.74, 6) is -0.0886. The minimum atomic E-state index is -0.850. The Morgan fingerprint density at radius 2 is 1.56 bits per heavy atom. The van der Waals surface area contributed by atoms with Crippen molar-refractivity contribution in [2.45, 2.75) is 75.4 Å². The van der Waals surface area contributed by atoms with Crippen molar-refractivity contribution in [2.24, 2.45) is 0 Å². The largest absolute Gasteiger partial charge is 0.338 e. The fraction of sp³-hybridized carbons (Fsp3) is 0.640. The van der Waals surface area contributed by atoms with Gasteiger partial charge in [-0.1, -0.05) is 37.5 Å². The molecule has 0 radical (unpaired) electrons. The summed E-state index contributed by atoms with van der Waals surface area (Å²) in [4.78, 5) is 45.2. The van der Waals surface area contributed by atoms with Crippen LogP contribution in [0, 0.1) is 0 Å². The van der Waals surface area contributed by atoms with Gasteiger partial charge in [-0.05, 0) is 57.2 Å². The second-order valence-electron chi connectivity index (χ2n) is 9.93. The Labute approximate surface area is 190 Å². The van der Waals surface area contributed by atoms with Gasteiger partial charge in [0.15, 0.2) is 0 Å². The van der Waals surface area contributed by atoms with Crippen molar-refractivity contribution in [1.29, 1.82) is 0 Å². The number of carbonyl (C=O) groups excluding carboxylic acids is 3. The van der Waals surface area contributed by atoms with Crippen LogP contribution in [-0.4, -0.2) is 76.3 Å². The van der Waals surface area contributed by atoms with Gasteiger partial charge in [0.05, 0.1) is 6.04 Å². The van der Waals surface area contributed by atoms with E-state index >= 15 is 0 Å². The van der Waals surface area contributed by atoms with Crippen molar-refractivity contribution in [3.63, 3.8) is 0 Å². The highest BCUT2D eigenvalue weighted by Crippen LogP contribution is 2.34. The molecule has 1 spiro atoms. The number of hydrogen-bond donors (Lipinski definition) is 1. The molecule has 3 saturated heterocycles. The fourth-order valence-electron chi connectivity index (χ4n) is 6.14. The van der Waals surface area contributed by atoms with Gasteiger partial charge in [-0.2, -0.15) is 0 Å². The molecule has 1 aliphatic carbocycles. The minimum Gasteiger partial charge on any atom is -0.338 e. The van der Waals surface area contributed by atoms with Crippen LogP contribution in [0.15, 0.2) is 30.3 Å². The summed E-state index contributed by atoms with van der Waals surface area (Å²) >= 11 is 0. The van der Waals surface area contributed by atoms with E-state index in [9.17, 15) is 14.4 Å². The first-order valence-electron chi connectivity index (χ1n) is 12.3. The number of hydrogen-bond acceptors (Lipinski definition) is 4. The van der Waals surface area contributed by atoms with Crippen LogP contribution < -0.4 is 5.32 Å². The Morgan fingerprint density at radius 3 is 2.28 bits per heavy atom. The van der Waals surface area contributed by atoms with Gasteiger partial charge in [0.25, 0.3) is 11.8 Å². The molecule has 1 saturated carbocycles. The van der Waals surface area contributed by atoms with E-state index in [0.717, 1.165) is 25.9 Å². The van der Waals surface area contributed by atoms with E-state index in [2.05, 4.69) is 10.2 Å². The number of carbonyl (C=O) groups is 3. The zero-order valence-corrected chi connectivity index (χ0v) is 18.8. The quantitative estimate of drug-likeness (QED) is 0.737. The van der Waals surface area contributed by atoms with Gasteiger partial charge in [0, 0.05) is 31.2 Å². The van der Waals surface area contributed by atoms with Gasteiger partial charge in [-0.25, -0.2) is 4.79 Å². The average Bonchev–Trinajstić information content (AvgIpc) is 3.09. The number of likely N-dealkylation sites (tertiary alicyclic amines) is 2. The van der Waals surface area contributed by atoms with Crippen molar-refractivity contribution in [2.75, 3.05) is 26.2 Å². The molecule has 3 aliphatic heterocycles. The van der Waals surface area contributed by atoms with Crippen LogP contribution in [0.1, 0.15) is 68.1 Å². The molecule has 0 bridgehead atoms. The molecular weight excluding hydrogens is 404 g/mol. The van der Waals surface area contributed by atoms with Gasteiger partial charge >= 0.3 is 6.03 Å². The first-order chi connectivity index (χ1) is 15.6. The van der Waals surface area contributed by atoms with Crippen LogP contribution in [0.25, 0.3) is 0 Å². The molecule has 4 fully saturated rings. The molecule has 3 heterocycles. The molecule has 32 heavy (non-hydrogen) atoms. The van der Waals surface area contributed by atoms with Crippen LogP contribution in [-0.2, 0) is 4.79 Å². The van der Waals surface area contributed by atoms with Crippen molar-refractivity contribution >= 4 is 17.8 Å². The average molecular weight is 439 g/mol. The molecule has 5 rings (SSSR count). The summed E-state index contributed by atoms with van der Waals surface area (Å²) in [6, 6.07) is 9.57. The third-order valence-electron chi connectivity index (χ3n) is 8.00. The lowest BCUT2D eigenvalue weighted by atomic mass is 9.86. The molecule has 1 aromatic rings. The number of imide groups is 1. The number of urea groups is 1.